The fourth-order valence-corrected chi connectivity index (χ4v) is 16.3. The maximum atomic E-state index is 10.7. The molecule has 103 heavy (non-hydrogen) atoms. The normalized spacial score (nSPS) is 20.2. The number of aromatic nitrogens is 3. The molecule has 0 amide bonds. The van der Waals surface area contributed by atoms with Crippen molar-refractivity contribution in [3.63, 3.8) is 0 Å². The molecule has 0 radical (unpaired) electrons. The van der Waals surface area contributed by atoms with Crippen molar-refractivity contribution in [1.82, 2.24) is 29.7 Å². The molecule has 7 rings (SSSR count). The van der Waals surface area contributed by atoms with E-state index in [9.17, 15) is 4.57 Å². The lowest BCUT2D eigenvalue weighted by Gasteiger charge is -2.37. The van der Waals surface area contributed by atoms with E-state index in [2.05, 4.69) is 287 Å². The Labute approximate surface area is 640 Å². The summed E-state index contributed by atoms with van der Waals surface area (Å²) < 4.78 is 43.1. The summed E-state index contributed by atoms with van der Waals surface area (Å²) in [4.78, 5) is 18.3. The van der Waals surface area contributed by atoms with Crippen LogP contribution in [0, 0.1) is 139 Å². The zero-order valence-electron chi connectivity index (χ0n) is 75.0. The Morgan fingerprint density at radius 3 is 0.709 bits per heavy atom. The largest absolute Gasteiger partial charge is 0.678 e. The van der Waals surface area contributed by atoms with Gasteiger partial charge in [0.25, 0.3) is 0 Å². The molecule has 4 aromatic rings. The molecule has 3 fully saturated rings. The zero-order chi connectivity index (χ0) is 81.0. The highest BCUT2D eigenvalue weighted by molar-refractivity contribution is 7.48. The molecule has 0 N–H and O–H groups in total. The number of benzene rings is 3. The first-order valence-electron chi connectivity index (χ1n) is 38.3. The average Bonchev–Trinajstić information content (AvgIpc) is 0.861. The van der Waals surface area contributed by atoms with E-state index < -0.39 is 16.9 Å². The van der Waals surface area contributed by atoms with Crippen LogP contribution in [0.2, 0.25) is 0 Å². The summed E-state index contributed by atoms with van der Waals surface area (Å²) in [5.41, 5.74) is 13.8. The first-order chi connectivity index (χ1) is 47.1. The van der Waals surface area contributed by atoms with E-state index in [0.29, 0.717) is 16.2 Å². The lowest BCUT2D eigenvalue weighted by molar-refractivity contribution is 0.0225. The number of aryl methyl sites for hydroxylation is 10. The first kappa shape index (κ1) is 106. The fourth-order valence-electron chi connectivity index (χ4n) is 14.9. The Morgan fingerprint density at radius 2 is 0.573 bits per heavy atom. The molecule has 16 heteroatoms. The van der Waals surface area contributed by atoms with Gasteiger partial charge in [-0.25, -0.2) is 19.5 Å². The van der Waals surface area contributed by atoms with Gasteiger partial charge >= 0.3 is 16.9 Å². The predicted octanol–water partition coefficient (Wildman–Crippen LogP) is 23.3. The lowest BCUT2D eigenvalue weighted by Crippen LogP contribution is -2.45. The van der Waals surface area contributed by atoms with Crippen molar-refractivity contribution in [2.75, 3.05) is 106 Å². The summed E-state index contributed by atoms with van der Waals surface area (Å²) in [7, 11) is 18.1. The molecule has 3 aliphatic rings. The van der Waals surface area contributed by atoms with E-state index in [0.717, 1.165) is 83.8 Å². The number of hydrogen-bond acceptors (Lipinski definition) is 14. The molecular formula is C87H167N6O8PSi. The molecule has 4 unspecified atom stereocenters. The van der Waals surface area contributed by atoms with Crippen LogP contribution in [-0.4, -0.2) is 144 Å². The van der Waals surface area contributed by atoms with Crippen molar-refractivity contribution in [3.05, 3.63) is 122 Å². The van der Waals surface area contributed by atoms with Crippen molar-refractivity contribution in [2.45, 2.75) is 264 Å². The van der Waals surface area contributed by atoms with E-state index in [-0.39, 0.29) is 0 Å². The number of phosphoric ester groups is 1. The summed E-state index contributed by atoms with van der Waals surface area (Å²) in [6, 6.07) is 20.1. The number of phosphoric acid groups is 1. The topological polar surface area (TPSA) is 130 Å². The van der Waals surface area contributed by atoms with Gasteiger partial charge in [-0.05, 0) is 276 Å². The van der Waals surface area contributed by atoms with Crippen molar-refractivity contribution >= 4 is 16.9 Å². The van der Waals surface area contributed by atoms with Gasteiger partial charge in [0.1, 0.15) is 17.5 Å². The standard InChI is InChI=1S/C17H32.C17H20.C9H18.C9H12.C9H20.C6H9N3.C5H14N2.C5H12.C4H12O4Si.C3H9N.C3H9O4P/c2*1-12-5-13(2)8-16(7-12)11-17-9-14(3)6-15(4)10-17;2*1-7-4-8(2)6-9(3)5-7;1-8(2,3)7-9(4,5)6;1-4-7-5(2)9-6(3)8-4;1-6(2)5-7(3)4;1-5(2,3)4;1-5-9(6-2,7-3)8-4;1-4(2)3;1-5-8(4,6-2)7-3/h12-17H,5-11H2,1-4H3;5-10H,11H2,1-4H3;7-9H,4-6H2,1-3H3;4-6H,1-3H3;7H2,1-6H3;1-3H3;5H2,1-4H3;1-4H3;1-4H3;1-3H3;1-3H3. The van der Waals surface area contributed by atoms with Gasteiger partial charge < -0.3 is 22.6 Å². The first-order valence-corrected chi connectivity index (χ1v) is 41.4. The zero-order valence-corrected chi connectivity index (χ0v) is 76.9. The number of rotatable bonds is 13. The summed E-state index contributed by atoms with van der Waals surface area (Å²) >= 11 is 0. The van der Waals surface area contributed by atoms with E-state index in [1.807, 2.05) is 46.8 Å². The van der Waals surface area contributed by atoms with E-state index >= 15 is 0 Å². The summed E-state index contributed by atoms with van der Waals surface area (Å²) in [5.74, 6) is 11.4. The van der Waals surface area contributed by atoms with E-state index in [1.165, 1.54) is 164 Å². The van der Waals surface area contributed by atoms with Crippen LogP contribution in [0.3, 0.4) is 0 Å². The van der Waals surface area contributed by atoms with Crippen molar-refractivity contribution in [2.24, 2.45) is 69.5 Å². The van der Waals surface area contributed by atoms with Gasteiger partial charge in [0.2, 0.25) is 0 Å². The third-order valence-electron chi connectivity index (χ3n) is 16.2. The van der Waals surface area contributed by atoms with E-state index in [1.54, 1.807) is 6.42 Å². The molecule has 0 bridgehead atoms. The lowest BCUT2D eigenvalue weighted by atomic mass is 9.69. The molecule has 0 spiro atoms. The minimum atomic E-state index is -3.16. The van der Waals surface area contributed by atoms with Gasteiger partial charge in [-0.2, -0.15) is 0 Å². The highest BCUT2D eigenvalue weighted by Crippen LogP contribution is 2.46. The molecule has 602 valence electrons. The second-order valence-electron chi connectivity index (χ2n) is 35.9. The quantitative estimate of drug-likeness (QED) is 0.0715. The smallest absolute Gasteiger partial charge is 0.355 e. The molecule has 1 heterocycles. The molecule has 0 saturated heterocycles. The van der Waals surface area contributed by atoms with Crippen LogP contribution >= 0.6 is 7.82 Å². The third-order valence-corrected chi connectivity index (χ3v) is 19.6. The number of hydrogen-bond donors (Lipinski definition) is 0. The van der Waals surface area contributed by atoms with Crippen LogP contribution < -0.4 is 0 Å². The molecule has 3 aromatic carbocycles. The molecular weight excluding hydrogens is 1320 g/mol. The average molecular weight is 1480 g/mol. The highest BCUT2D eigenvalue weighted by Gasteiger charge is 2.40. The van der Waals surface area contributed by atoms with Crippen LogP contribution in [0.5, 0.6) is 0 Å². The molecule has 3 aliphatic carbocycles. The Hall–Kier alpha value is -3.28. The van der Waals surface area contributed by atoms with Crippen molar-refractivity contribution in [3.8, 4) is 0 Å². The molecule has 14 nitrogen and oxygen atoms in total. The minimum Gasteiger partial charge on any atom is -0.355 e. The van der Waals surface area contributed by atoms with Crippen LogP contribution in [0.25, 0.3) is 0 Å². The summed E-state index contributed by atoms with van der Waals surface area (Å²) in [5, 5.41) is 0. The fraction of sp³-hybridized carbons (Fsp3) is 0.759. The van der Waals surface area contributed by atoms with Crippen LogP contribution in [0.4, 0.5) is 0 Å². The second kappa shape index (κ2) is 55.2. The Balaban J connectivity index is -0.000000536. The third kappa shape index (κ3) is 64.4. The monoisotopic (exact) mass is 1480 g/mol. The van der Waals surface area contributed by atoms with Crippen LogP contribution in [0.15, 0.2) is 54.6 Å². The SMILES string of the molecule is CC(C)(C)C.CC(C)(C)CC(C)(C)C.CC1CC(C)CC(C)C1.CC1CC(C)CC(CC2CC(C)CC(C)C2)C1.CN(C)C.CN(C)CN(C)C.COP(=O)(OC)OC.CO[Si](OC)(OC)OC.Cc1cc(C)cc(C)c1.Cc1cc(C)cc(Cc2cc(C)cc(C)c2)c1.Cc1nc(C)nc(C)n1. The Bertz CT molecular complexity index is 2460. The van der Waals surface area contributed by atoms with Crippen molar-refractivity contribution < 1.29 is 35.8 Å². The van der Waals surface area contributed by atoms with Crippen LogP contribution in [-0.2, 0) is 42.3 Å². The van der Waals surface area contributed by atoms with Gasteiger partial charge in [-0.3, -0.25) is 23.4 Å². The Morgan fingerprint density at radius 1 is 0.379 bits per heavy atom. The van der Waals surface area contributed by atoms with Crippen LogP contribution in [0.1, 0.15) is 256 Å². The minimum absolute atomic E-state index is 0.484. The Kier molecular flexibility index (Phi) is 56.8. The summed E-state index contributed by atoms with van der Waals surface area (Å²) in [6.45, 7) is 61.2. The van der Waals surface area contributed by atoms with Gasteiger partial charge in [0.05, 0.1) is 0 Å². The predicted molar refractivity (Wildman–Crippen MR) is 450 cm³/mol. The number of nitrogens with zero attached hydrogens (tertiary/aromatic N) is 6. The highest BCUT2D eigenvalue weighted by atomic mass is 31.2. The molecule has 3 saturated carbocycles. The van der Waals surface area contributed by atoms with Gasteiger partial charge in [-0.1, -0.05) is 211 Å². The molecule has 0 aliphatic heterocycles. The maximum absolute atomic E-state index is 10.7. The van der Waals surface area contributed by atoms with Gasteiger partial charge in [-0.15, -0.1) is 0 Å². The van der Waals surface area contributed by atoms with Crippen molar-refractivity contribution in [1.29, 1.82) is 0 Å². The molecule has 1 aromatic heterocycles. The summed E-state index contributed by atoms with van der Waals surface area (Å²) in [6.07, 6.45) is 17.3. The van der Waals surface area contributed by atoms with Gasteiger partial charge in [0.15, 0.2) is 0 Å². The second-order valence-corrected chi connectivity index (χ2v) is 40.5. The van der Waals surface area contributed by atoms with E-state index in [4.69, 9.17) is 17.7 Å². The van der Waals surface area contributed by atoms with Gasteiger partial charge in [0, 0.05) is 56.4 Å². The maximum Gasteiger partial charge on any atom is 0.678 e. The molecule has 4 atom stereocenters.